The Morgan fingerprint density at radius 1 is 1.19 bits per heavy atom. The molecule has 0 saturated heterocycles. The van der Waals surface area contributed by atoms with Gasteiger partial charge in [0.25, 0.3) is 0 Å². The van der Waals surface area contributed by atoms with Crippen molar-refractivity contribution < 1.29 is 9.53 Å². The summed E-state index contributed by atoms with van der Waals surface area (Å²) in [4.78, 5) is 13.8. The standard InChI is InChI=1S/C17H21NO2S/c1-3-17(16(19)20-4-2,14-9-6-5-7-10-14)18-13-15-11-8-12-21-15/h5-12,18H,3-4,13H2,1-2H3. The predicted octanol–water partition coefficient (Wildman–Crippen LogP) is 3.71. The molecule has 0 radical (unpaired) electrons. The van der Waals surface area contributed by atoms with Crippen LogP contribution in [0.1, 0.15) is 30.7 Å². The first-order valence-corrected chi connectivity index (χ1v) is 8.11. The minimum Gasteiger partial charge on any atom is -0.464 e. The summed E-state index contributed by atoms with van der Waals surface area (Å²) in [5.74, 6) is -0.213. The Morgan fingerprint density at radius 3 is 2.52 bits per heavy atom. The summed E-state index contributed by atoms with van der Waals surface area (Å²) in [7, 11) is 0. The number of hydrogen-bond acceptors (Lipinski definition) is 4. The normalized spacial score (nSPS) is 13.6. The Bertz CT molecular complexity index is 553. The molecule has 112 valence electrons. The third-order valence-electron chi connectivity index (χ3n) is 3.57. The van der Waals surface area contributed by atoms with Crippen LogP contribution in [0.4, 0.5) is 0 Å². The van der Waals surface area contributed by atoms with Gasteiger partial charge in [-0.05, 0) is 30.4 Å². The molecule has 1 unspecified atom stereocenters. The first-order chi connectivity index (χ1) is 10.2. The van der Waals surface area contributed by atoms with Gasteiger partial charge in [-0.25, -0.2) is 4.79 Å². The van der Waals surface area contributed by atoms with Crippen LogP contribution in [0, 0.1) is 0 Å². The highest BCUT2D eigenvalue weighted by molar-refractivity contribution is 7.09. The summed E-state index contributed by atoms with van der Waals surface area (Å²) in [5, 5.41) is 5.46. The molecule has 0 saturated carbocycles. The molecule has 1 aromatic carbocycles. The third kappa shape index (κ3) is 3.52. The van der Waals surface area contributed by atoms with Gasteiger partial charge < -0.3 is 4.74 Å². The van der Waals surface area contributed by atoms with E-state index in [0.29, 0.717) is 19.6 Å². The van der Waals surface area contributed by atoms with E-state index in [1.807, 2.05) is 55.6 Å². The molecule has 1 atom stereocenters. The number of nitrogens with one attached hydrogen (secondary N) is 1. The Morgan fingerprint density at radius 2 is 1.95 bits per heavy atom. The van der Waals surface area contributed by atoms with Gasteiger partial charge in [-0.3, -0.25) is 5.32 Å². The van der Waals surface area contributed by atoms with Crippen LogP contribution in [0.3, 0.4) is 0 Å². The third-order valence-corrected chi connectivity index (χ3v) is 4.44. The van der Waals surface area contributed by atoms with E-state index in [0.717, 1.165) is 5.56 Å². The zero-order valence-electron chi connectivity index (χ0n) is 12.5. The second kappa shape index (κ2) is 7.38. The van der Waals surface area contributed by atoms with Crippen molar-refractivity contribution in [2.75, 3.05) is 6.61 Å². The zero-order chi connectivity index (χ0) is 15.1. The molecule has 0 aliphatic heterocycles. The Kier molecular flexibility index (Phi) is 5.53. The molecule has 1 N–H and O–H groups in total. The molecule has 0 aliphatic carbocycles. The number of thiophene rings is 1. The Labute approximate surface area is 130 Å². The van der Waals surface area contributed by atoms with Crippen molar-refractivity contribution in [2.45, 2.75) is 32.4 Å². The molecule has 0 aliphatic rings. The van der Waals surface area contributed by atoms with Crippen molar-refractivity contribution in [1.82, 2.24) is 5.32 Å². The van der Waals surface area contributed by atoms with Crippen LogP contribution in [-0.4, -0.2) is 12.6 Å². The Balaban J connectivity index is 2.29. The molecule has 0 fully saturated rings. The van der Waals surface area contributed by atoms with Gasteiger partial charge in [0.2, 0.25) is 0 Å². The molecule has 0 amide bonds. The average molecular weight is 303 g/mol. The molecule has 1 heterocycles. The van der Waals surface area contributed by atoms with Crippen LogP contribution in [0.15, 0.2) is 47.8 Å². The summed E-state index contributed by atoms with van der Waals surface area (Å²) >= 11 is 1.68. The summed E-state index contributed by atoms with van der Waals surface area (Å²) in [5.41, 5.74) is 0.156. The highest BCUT2D eigenvalue weighted by Gasteiger charge is 2.39. The maximum atomic E-state index is 12.6. The highest BCUT2D eigenvalue weighted by atomic mass is 32.1. The molecule has 4 heteroatoms. The van der Waals surface area contributed by atoms with Gasteiger partial charge in [0.1, 0.15) is 5.54 Å². The highest BCUT2D eigenvalue weighted by Crippen LogP contribution is 2.28. The van der Waals surface area contributed by atoms with Gasteiger partial charge in [-0.1, -0.05) is 43.3 Å². The smallest absolute Gasteiger partial charge is 0.330 e. The second-order valence-electron chi connectivity index (χ2n) is 4.78. The number of benzene rings is 1. The van der Waals surface area contributed by atoms with Gasteiger partial charge in [-0.2, -0.15) is 0 Å². The van der Waals surface area contributed by atoms with Crippen LogP contribution >= 0.6 is 11.3 Å². The van der Waals surface area contributed by atoms with Crippen molar-refractivity contribution in [1.29, 1.82) is 0 Å². The number of hydrogen-bond donors (Lipinski definition) is 1. The lowest BCUT2D eigenvalue weighted by molar-refractivity contribution is -0.152. The van der Waals surface area contributed by atoms with Gasteiger partial charge in [0.15, 0.2) is 0 Å². The van der Waals surface area contributed by atoms with E-state index in [1.165, 1.54) is 4.88 Å². The fourth-order valence-electron chi connectivity index (χ4n) is 2.39. The molecular weight excluding hydrogens is 282 g/mol. The van der Waals surface area contributed by atoms with E-state index in [4.69, 9.17) is 4.74 Å². The fourth-order valence-corrected chi connectivity index (χ4v) is 3.04. The van der Waals surface area contributed by atoms with Crippen LogP contribution in [0.2, 0.25) is 0 Å². The van der Waals surface area contributed by atoms with Gasteiger partial charge in [-0.15, -0.1) is 11.3 Å². The lowest BCUT2D eigenvalue weighted by Crippen LogP contribution is -2.49. The van der Waals surface area contributed by atoms with Crippen LogP contribution < -0.4 is 5.32 Å². The molecule has 0 bridgehead atoms. The number of rotatable bonds is 7. The molecular formula is C17H21NO2S. The minimum atomic E-state index is -0.790. The fraction of sp³-hybridized carbons (Fsp3) is 0.353. The van der Waals surface area contributed by atoms with Crippen molar-refractivity contribution >= 4 is 17.3 Å². The van der Waals surface area contributed by atoms with Crippen LogP contribution in [0.25, 0.3) is 0 Å². The number of carbonyl (C=O) groups excluding carboxylic acids is 1. The molecule has 21 heavy (non-hydrogen) atoms. The summed E-state index contributed by atoms with van der Waals surface area (Å²) in [6, 6.07) is 13.9. The van der Waals surface area contributed by atoms with E-state index >= 15 is 0 Å². The lowest BCUT2D eigenvalue weighted by atomic mass is 9.87. The molecule has 3 nitrogen and oxygen atoms in total. The van der Waals surface area contributed by atoms with Crippen molar-refractivity contribution in [3.8, 4) is 0 Å². The van der Waals surface area contributed by atoms with Gasteiger partial charge >= 0.3 is 5.97 Å². The summed E-state index contributed by atoms with van der Waals surface area (Å²) < 4.78 is 5.32. The largest absolute Gasteiger partial charge is 0.464 e. The summed E-state index contributed by atoms with van der Waals surface area (Å²) in [6.07, 6.45) is 0.640. The number of ether oxygens (including phenoxy) is 1. The maximum Gasteiger partial charge on any atom is 0.330 e. The SMILES string of the molecule is CCOC(=O)C(CC)(NCc1cccs1)c1ccccc1. The van der Waals surface area contributed by atoms with E-state index in [-0.39, 0.29) is 5.97 Å². The van der Waals surface area contributed by atoms with Crippen LogP contribution in [0.5, 0.6) is 0 Å². The second-order valence-corrected chi connectivity index (χ2v) is 5.81. The quantitative estimate of drug-likeness (QED) is 0.793. The zero-order valence-corrected chi connectivity index (χ0v) is 13.3. The Hall–Kier alpha value is -1.65. The molecule has 0 spiro atoms. The average Bonchev–Trinajstić information content (AvgIpc) is 3.03. The van der Waals surface area contributed by atoms with Crippen molar-refractivity contribution in [3.63, 3.8) is 0 Å². The molecule has 2 rings (SSSR count). The monoisotopic (exact) mass is 303 g/mol. The number of esters is 1. The van der Waals surface area contributed by atoms with Crippen LogP contribution in [-0.2, 0) is 21.6 Å². The van der Waals surface area contributed by atoms with Crippen molar-refractivity contribution in [3.05, 3.63) is 58.3 Å². The summed E-state index contributed by atoms with van der Waals surface area (Å²) in [6.45, 7) is 4.88. The topological polar surface area (TPSA) is 38.3 Å². The molecule has 2 aromatic rings. The van der Waals surface area contributed by atoms with Gasteiger partial charge in [0.05, 0.1) is 6.61 Å². The van der Waals surface area contributed by atoms with E-state index in [2.05, 4.69) is 11.4 Å². The predicted molar refractivity (Wildman–Crippen MR) is 86.2 cm³/mol. The molecule has 1 aromatic heterocycles. The first kappa shape index (κ1) is 15.7. The van der Waals surface area contributed by atoms with E-state index in [1.54, 1.807) is 11.3 Å². The minimum absolute atomic E-state index is 0.213. The van der Waals surface area contributed by atoms with E-state index in [9.17, 15) is 4.79 Å². The maximum absolute atomic E-state index is 12.6. The van der Waals surface area contributed by atoms with Gasteiger partial charge in [0, 0.05) is 11.4 Å². The van der Waals surface area contributed by atoms with Crippen molar-refractivity contribution in [2.24, 2.45) is 0 Å². The lowest BCUT2D eigenvalue weighted by Gasteiger charge is -2.32. The number of carbonyl (C=O) groups is 1. The van der Waals surface area contributed by atoms with E-state index < -0.39 is 5.54 Å². The first-order valence-electron chi connectivity index (χ1n) is 7.23.